The van der Waals surface area contributed by atoms with E-state index in [-0.39, 0.29) is 0 Å². The summed E-state index contributed by atoms with van der Waals surface area (Å²) in [7, 11) is 3.22. The van der Waals surface area contributed by atoms with Gasteiger partial charge in [-0.2, -0.15) is 5.10 Å². The third-order valence-electron chi connectivity index (χ3n) is 3.32. The average molecular weight is 310 g/mol. The second-order valence-corrected chi connectivity index (χ2v) is 5.12. The summed E-state index contributed by atoms with van der Waals surface area (Å²) >= 11 is 6.09. The van der Waals surface area contributed by atoms with E-state index >= 15 is 0 Å². The largest absolute Gasteiger partial charge is 0.496 e. The summed E-state index contributed by atoms with van der Waals surface area (Å²) in [6.07, 6.45) is 2.64. The fraction of sp³-hybridized carbons (Fsp3) is 0.400. The standard InChI is InChI=1S/C15H20ClN3O2/c1-4-7-19-15(13(21-3)9-18-19)14(17)11-8-10(16)5-6-12(11)20-2/h5-6,8-9,14H,4,7,17H2,1-3H3. The minimum Gasteiger partial charge on any atom is -0.496 e. The molecular weight excluding hydrogens is 290 g/mol. The molecule has 2 aromatic rings. The number of aromatic nitrogens is 2. The van der Waals surface area contributed by atoms with Crippen molar-refractivity contribution in [3.63, 3.8) is 0 Å². The molecule has 0 radical (unpaired) electrons. The van der Waals surface area contributed by atoms with Gasteiger partial charge in [0.2, 0.25) is 0 Å². The van der Waals surface area contributed by atoms with E-state index in [0.717, 1.165) is 24.2 Å². The van der Waals surface area contributed by atoms with E-state index in [1.165, 1.54) is 0 Å². The first-order valence-electron chi connectivity index (χ1n) is 6.81. The number of nitrogens with zero attached hydrogens (tertiary/aromatic N) is 2. The minimum atomic E-state index is -0.428. The van der Waals surface area contributed by atoms with Crippen LogP contribution in [0.5, 0.6) is 11.5 Å². The number of hydrogen-bond acceptors (Lipinski definition) is 4. The van der Waals surface area contributed by atoms with Gasteiger partial charge in [-0.25, -0.2) is 0 Å². The minimum absolute atomic E-state index is 0.428. The summed E-state index contributed by atoms with van der Waals surface area (Å²) in [6.45, 7) is 2.86. The molecule has 0 aliphatic carbocycles. The van der Waals surface area contributed by atoms with E-state index in [9.17, 15) is 0 Å². The number of ether oxygens (including phenoxy) is 2. The van der Waals surface area contributed by atoms with E-state index in [0.29, 0.717) is 16.5 Å². The van der Waals surface area contributed by atoms with Gasteiger partial charge in [-0.15, -0.1) is 0 Å². The highest BCUT2D eigenvalue weighted by Crippen LogP contribution is 2.34. The Kier molecular flexibility index (Phi) is 5.09. The van der Waals surface area contributed by atoms with E-state index < -0.39 is 6.04 Å². The summed E-state index contributed by atoms with van der Waals surface area (Å²) in [5.41, 5.74) is 8.06. The Bertz CT molecular complexity index is 613. The van der Waals surface area contributed by atoms with Crippen molar-refractivity contribution >= 4 is 11.6 Å². The molecule has 1 atom stereocenters. The third kappa shape index (κ3) is 3.14. The first-order chi connectivity index (χ1) is 10.1. The molecule has 5 nitrogen and oxygen atoms in total. The number of benzene rings is 1. The second kappa shape index (κ2) is 6.83. The molecule has 1 unspecified atom stereocenters. The van der Waals surface area contributed by atoms with Gasteiger partial charge < -0.3 is 15.2 Å². The Morgan fingerprint density at radius 1 is 1.29 bits per heavy atom. The SMILES string of the molecule is CCCn1ncc(OC)c1C(N)c1cc(Cl)ccc1OC. The van der Waals surface area contributed by atoms with Gasteiger partial charge in [0.1, 0.15) is 11.4 Å². The van der Waals surface area contributed by atoms with Gasteiger partial charge >= 0.3 is 0 Å². The number of aryl methyl sites for hydroxylation is 1. The molecule has 21 heavy (non-hydrogen) atoms. The molecule has 6 heteroatoms. The molecule has 114 valence electrons. The zero-order chi connectivity index (χ0) is 15.4. The molecule has 0 aliphatic rings. The van der Waals surface area contributed by atoms with Crippen LogP contribution in [0.4, 0.5) is 0 Å². The maximum atomic E-state index is 6.43. The molecule has 1 aromatic carbocycles. The van der Waals surface area contributed by atoms with Gasteiger partial charge in [0.15, 0.2) is 5.75 Å². The zero-order valence-corrected chi connectivity index (χ0v) is 13.2. The van der Waals surface area contributed by atoms with Gasteiger partial charge in [0, 0.05) is 17.1 Å². The normalized spacial score (nSPS) is 12.2. The summed E-state index contributed by atoms with van der Waals surface area (Å²) in [4.78, 5) is 0. The molecule has 0 bridgehead atoms. The van der Waals surface area contributed by atoms with Crippen LogP contribution in [-0.2, 0) is 6.54 Å². The Morgan fingerprint density at radius 3 is 2.62 bits per heavy atom. The molecule has 0 fully saturated rings. The highest BCUT2D eigenvalue weighted by molar-refractivity contribution is 6.30. The Balaban J connectivity index is 2.51. The van der Waals surface area contributed by atoms with E-state index in [4.69, 9.17) is 26.8 Å². The molecule has 0 saturated heterocycles. The molecular formula is C15H20ClN3O2. The Hall–Kier alpha value is -1.72. The Morgan fingerprint density at radius 2 is 2.00 bits per heavy atom. The quantitative estimate of drug-likeness (QED) is 0.891. The van der Waals surface area contributed by atoms with Gasteiger partial charge in [-0.05, 0) is 24.6 Å². The molecule has 1 heterocycles. The van der Waals surface area contributed by atoms with E-state index in [2.05, 4.69) is 12.0 Å². The third-order valence-corrected chi connectivity index (χ3v) is 3.56. The van der Waals surface area contributed by atoms with Gasteiger partial charge in [-0.1, -0.05) is 18.5 Å². The lowest BCUT2D eigenvalue weighted by molar-refractivity contribution is 0.396. The van der Waals surface area contributed by atoms with Crippen LogP contribution in [0.15, 0.2) is 24.4 Å². The number of nitrogens with two attached hydrogens (primary N) is 1. The highest BCUT2D eigenvalue weighted by atomic mass is 35.5. The smallest absolute Gasteiger partial charge is 0.161 e. The van der Waals surface area contributed by atoms with Gasteiger partial charge in [0.05, 0.1) is 26.5 Å². The van der Waals surface area contributed by atoms with Crippen LogP contribution in [0, 0.1) is 0 Å². The molecule has 0 saturated carbocycles. The summed E-state index contributed by atoms with van der Waals surface area (Å²) in [5, 5.41) is 4.95. The average Bonchev–Trinajstić information content (AvgIpc) is 2.89. The fourth-order valence-corrected chi connectivity index (χ4v) is 2.51. The van der Waals surface area contributed by atoms with E-state index in [1.54, 1.807) is 26.5 Å². The predicted octanol–water partition coefficient (Wildman–Crippen LogP) is 3.01. The van der Waals surface area contributed by atoms with Crippen LogP contribution in [0.3, 0.4) is 0 Å². The first kappa shape index (κ1) is 15.7. The van der Waals surface area contributed by atoms with Crippen LogP contribution in [0.25, 0.3) is 0 Å². The van der Waals surface area contributed by atoms with Crippen LogP contribution >= 0.6 is 11.6 Å². The highest BCUT2D eigenvalue weighted by Gasteiger charge is 2.23. The van der Waals surface area contributed by atoms with Crippen molar-refractivity contribution in [3.05, 3.63) is 40.7 Å². The number of methoxy groups -OCH3 is 2. The van der Waals surface area contributed by atoms with Crippen molar-refractivity contribution in [2.24, 2.45) is 5.73 Å². The van der Waals surface area contributed by atoms with Crippen molar-refractivity contribution < 1.29 is 9.47 Å². The topological polar surface area (TPSA) is 62.3 Å². The van der Waals surface area contributed by atoms with Crippen molar-refractivity contribution in [1.29, 1.82) is 0 Å². The molecule has 2 rings (SSSR count). The summed E-state index contributed by atoms with van der Waals surface area (Å²) in [5.74, 6) is 1.36. The summed E-state index contributed by atoms with van der Waals surface area (Å²) < 4.78 is 12.6. The molecule has 2 N–H and O–H groups in total. The number of halogens is 1. The first-order valence-corrected chi connectivity index (χ1v) is 7.18. The van der Waals surface area contributed by atoms with Crippen molar-refractivity contribution in [2.75, 3.05) is 14.2 Å². The van der Waals surface area contributed by atoms with Gasteiger partial charge in [-0.3, -0.25) is 4.68 Å². The van der Waals surface area contributed by atoms with Crippen molar-refractivity contribution in [3.8, 4) is 11.5 Å². The lowest BCUT2D eigenvalue weighted by Gasteiger charge is -2.18. The molecule has 0 aliphatic heterocycles. The summed E-state index contributed by atoms with van der Waals surface area (Å²) in [6, 6.07) is 4.97. The van der Waals surface area contributed by atoms with Crippen LogP contribution in [-0.4, -0.2) is 24.0 Å². The number of rotatable bonds is 6. The van der Waals surface area contributed by atoms with Crippen molar-refractivity contribution in [2.45, 2.75) is 25.9 Å². The lowest BCUT2D eigenvalue weighted by Crippen LogP contribution is -2.19. The van der Waals surface area contributed by atoms with Gasteiger partial charge in [0.25, 0.3) is 0 Å². The van der Waals surface area contributed by atoms with Crippen LogP contribution in [0.1, 0.15) is 30.6 Å². The zero-order valence-electron chi connectivity index (χ0n) is 12.5. The molecule has 0 spiro atoms. The van der Waals surface area contributed by atoms with Crippen molar-refractivity contribution in [1.82, 2.24) is 9.78 Å². The molecule has 0 amide bonds. The lowest BCUT2D eigenvalue weighted by atomic mass is 10.0. The predicted molar refractivity (Wildman–Crippen MR) is 83.1 cm³/mol. The number of hydrogen-bond donors (Lipinski definition) is 1. The second-order valence-electron chi connectivity index (χ2n) is 4.69. The fourth-order valence-electron chi connectivity index (χ4n) is 2.33. The van der Waals surface area contributed by atoms with Crippen LogP contribution < -0.4 is 15.2 Å². The maximum absolute atomic E-state index is 6.43. The maximum Gasteiger partial charge on any atom is 0.161 e. The van der Waals surface area contributed by atoms with E-state index in [1.807, 2.05) is 16.8 Å². The molecule has 1 aromatic heterocycles. The monoisotopic (exact) mass is 309 g/mol. The Labute approximate surface area is 129 Å². The van der Waals surface area contributed by atoms with Crippen LogP contribution in [0.2, 0.25) is 5.02 Å².